The van der Waals surface area contributed by atoms with E-state index in [1.807, 2.05) is 53.4 Å². The SMILES string of the molecule is C=CN=C(C)C(/C([B]OC(C)(C)C(C)(C)S)=C\C)=C(\C)N1CCNCC1.CC.CCCc1cccc(Cl)c1. The summed E-state index contributed by atoms with van der Waals surface area (Å²) in [4.78, 5) is 6.85. The minimum Gasteiger partial charge on any atom is -0.428 e. The van der Waals surface area contributed by atoms with Gasteiger partial charge in [-0.15, -0.1) is 0 Å². The van der Waals surface area contributed by atoms with E-state index < -0.39 is 5.60 Å². The van der Waals surface area contributed by atoms with Crippen LogP contribution in [0.5, 0.6) is 0 Å². The highest BCUT2D eigenvalue weighted by Crippen LogP contribution is 2.32. The number of allylic oxidation sites excluding steroid dienone is 4. The molecule has 1 aromatic rings. The molecule has 1 aliphatic rings. The zero-order chi connectivity index (χ0) is 29.4. The van der Waals surface area contributed by atoms with Crippen LogP contribution in [0.2, 0.25) is 5.02 Å². The number of aliphatic imine (C=N–C) groups is 1. The van der Waals surface area contributed by atoms with Crippen LogP contribution in [0.3, 0.4) is 0 Å². The largest absolute Gasteiger partial charge is 0.428 e. The van der Waals surface area contributed by atoms with E-state index in [1.165, 1.54) is 17.7 Å². The third-order valence-electron chi connectivity index (χ3n) is 6.58. The van der Waals surface area contributed by atoms with Gasteiger partial charge in [-0.05, 0) is 78.1 Å². The van der Waals surface area contributed by atoms with Gasteiger partial charge >= 0.3 is 7.48 Å². The first-order chi connectivity index (χ1) is 17.9. The van der Waals surface area contributed by atoms with Crippen LogP contribution >= 0.6 is 24.2 Å². The van der Waals surface area contributed by atoms with Gasteiger partial charge in [-0.25, -0.2) is 0 Å². The van der Waals surface area contributed by atoms with Crippen molar-refractivity contribution >= 4 is 37.4 Å². The molecule has 1 saturated heterocycles. The molecule has 1 N–H and O–H groups in total. The predicted octanol–water partition coefficient (Wildman–Crippen LogP) is 8.12. The summed E-state index contributed by atoms with van der Waals surface area (Å²) >= 11 is 10.5. The van der Waals surface area contributed by atoms with Crippen molar-refractivity contribution in [2.75, 3.05) is 26.2 Å². The van der Waals surface area contributed by atoms with Crippen LogP contribution in [0.1, 0.15) is 81.2 Å². The fraction of sp³-hybridized carbons (Fsp3) is 0.581. The number of thiol groups is 1. The molecule has 1 fully saturated rings. The maximum atomic E-state index is 6.18. The molecule has 1 aliphatic heterocycles. The average Bonchev–Trinajstić information content (AvgIpc) is 2.88. The number of hydrogen-bond donors (Lipinski definition) is 2. The molecule has 1 aromatic carbocycles. The lowest BCUT2D eigenvalue weighted by atomic mass is 9.76. The first-order valence-electron chi connectivity index (χ1n) is 13.8. The molecular formula is C31H52BClN3OS. The Bertz CT molecular complexity index is 929. The van der Waals surface area contributed by atoms with Gasteiger partial charge in [0, 0.05) is 59.1 Å². The predicted molar refractivity (Wildman–Crippen MR) is 175 cm³/mol. The normalized spacial score (nSPS) is 15.4. The van der Waals surface area contributed by atoms with Gasteiger partial charge in [0.25, 0.3) is 0 Å². The van der Waals surface area contributed by atoms with Crippen molar-refractivity contribution in [2.45, 2.75) is 92.4 Å². The Hall–Kier alpha value is -1.47. The van der Waals surface area contributed by atoms with E-state index in [-0.39, 0.29) is 4.75 Å². The number of halogens is 1. The maximum Gasteiger partial charge on any atom is 0.331 e. The van der Waals surface area contributed by atoms with E-state index in [9.17, 15) is 0 Å². The molecule has 0 saturated carbocycles. The zero-order valence-corrected chi connectivity index (χ0v) is 27.3. The smallest absolute Gasteiger partial charge is 0.331 e. The Morgan fingerprint density at radius 2 is 1.82 bits per heavy atom. The van der Waals surface area contributed by atoms with Crippen molar-refractivity contribution < 1.29 is 4.65 Å². The quantitative estimate of drug-likeness (QED) is 0.131. The van der Waals surface area contributed by atoms with Gasteiger partial charge in [0.2, 0.25) is 0 Å². The number of nitrogens with one attached hydrogen (secondary N) is 1. The summed E-state index contributed by atoms with van der Waals surface area (Å²) < 4.78 is 5.90. The summed E-state index contributed by atoms with van der Waals surface area (Å²) in [7, 11) is 1.85. The number of piperazine rings is 1. The second-order valence-corrected chi connectivity index (χ2v) is 11.6. The summed E-state index contributed by atoms with van der Waals surface area (Å²) in [5, 5.41) is 4.24. The van der Waals surface area contributed by atoms with E-state index in [0.29, 0.717) is 0 Å². The molecule has 0 unspecified atom stereocenters. The number of benzene rings is 1. The highest BCUT2D eigenvalue weighted by atomic mass is 35.5. The molecule has 2 rings (SSSR count). The van der Waals surface area contributed by atoms with Crippen LogP contribution in [-0.2, 0) is 11.1 Å². The Kier molecular flexibility index (Phi) is 18.0. The number of aryl methyl sites for hydroxylation is 1. The molecule has 0 spiro atoms. The number of hydrogen-bond acceptors (Lipinski definition) is 5. The van der Waals surface area contributed by atoms with E-state index in [2.05, 4.69) is 88.1 Å². The van der Waals surface area contributed by atoms with Crippen LogP contribution in [-0.4, -0.2) is 54.6 Å². The van der Waals surface area contributed by atoms with Crippen molar-refractivity contribution in [2.24, 2.45) is 4.99 Å². The van der Waals surface area contributed by atoms with E-state index >= 15 is 0 Å². The minimum atomic E-state index is -0.415. The second-order valence-electron chi connectivity index (χ2n) is 10.0. The van der Waals surface area contributed by atoms with Crippen LogP contribution in [0.15, 0.2) is 64.9 Å². The zero-order valence-electron chi connectivity index (χ0n) is 25.6. The summed E-state index contributed by atoms with van der Waals surface area (Å²) in [6, 6.07) is 8.02. The fourth-order valence-corrected chi connectivity index (χ4v) is 3.91. The van der Waals surface area contributed by atoms with Gasteiger partial charge < -0.3 is 14.9 Å². The molecule has 0 aliphatic carbocycles. The molecule has 1 radical (unpaired) electrons. The van der Waals surface area contributed by atoms with Crippen molar-refractivity contribution in [1.29, 1.82) is 0 Å². The molecule has 0 bridgehead atoms. The monoisotopic (exact) mass is 560 g/mol. The molecule has 0 amide bonds. The molecule has 0 atom stereocenters. The fourth-order valence-electron chi connectivity index (χ4n) is 3.65. The highest BCUT2D eigenvalue weighted by Gasteiger charge is 2.35. The number of rotatable bonds is 10. The third-order valence-corrected chi connectivity index (χ3v) is 7.35. The Labute approximate surface area is 245 Å². The summed E-state index contributed by atoms with van der Waals surface area (Å²) in [6.07, 6.45) is 5.97. The second kappa shape index (κ2) is 18.8. The maximum absolute atomic E-state index is 6.18. The first-order valence-corrected chi connectivity index (χ1v) is 14.7. The molecular weight excluding hydrogens is 509 g/mol. The summed E-state index contributed by atoms with van der Waals surface area (Å²) in [5.74, 6) is 0. The van der Waals surface area contributed by atoms with Crippen molar-refractivity contribution in [3.8, 4) is 0 Å². The number of nitrogens with zero attached hydrogens (tertiary/aromatic N) is 2. The van der Waals surface area contributed by atoms with Crippen molar-refractivity contribution in [1.82, 2.24) is 10.2 Å². The first kappa shape index (κ1) is 36.5. The van der Waals surface area contributed by atoms with Crippen LogP contribution in [0.4, 0.5) is 0 Å². The summed E-state index contributed by atoms with van der Waals surface area (Å²) in [6.45, 7) is 28.3. The lowest BCUT2D eigenvalue weighted by molar-refractivity contribution is 0.0845. The van der Waals surface area contributed by atoms with E-state index in [1.54, 1.807) is 6.20 Å². The van der Waals surface area contributed by atoms with Gasteiger partial charge in [-0.3, -0.25) is 4.99 Å². The van der Waals surface area contributed by atoms with Gasteiger partial charge in [0.15, 0.2) is 0 Å². The third kappa shape index (κ3) is 12.6. The summed E-state index contributed by atoms with van der Waals surface area (Å²) in [5.41, 5.74) is 5.19. The van der Waals surface area contributed by atoms with Gasteiger partial charge in [-0.2, -0.15) is 12.6 Å². The van der Waals surface area contributed by atoms with E-state index in [4.69, 9.17) is 16.3 Å². The molecule has 213 valence electrons. The van der Waals surface area contributed by atoms with Gasteiger partial charge in [0.05, 0.1) is 5.60 Å². The lowest BCUT2D eigenvalue weighted by Crippen LogP contribution is -2.45. The molecule has 7 heteroatoms. The van der Waals surface area contributed by atoms with Crippen LogP contribution < -0.4 is 5.32 Å². The Balaban J connectivity index is 0.000000944. The topological polar surface area (TPSA) is 36.9 Å². The molecule has 1 heterocycles. The highest BCUT2D eigenvalue weighted by molar-refractivity contribution is 7.81. The Morgan fingerprint density at radius 3 is 2.29 bits per heavy atom. The van der Waals surface area contributed by atoms with Crippen LogP contribution in [0.25, 0.3) is 0 Å². The Morgan fingerprint density at radius 1 is 1.21 bits per heavy atom. The lowest BCUT2D eigenvalue weighted by Gasteiger charge is -2.39. The average molecular weight is 561 g/mol. The van der Waals surface area contributed by atoms with Gasteiger partial charge in [0.1, 0.15) is 0 Å². The van der Waals surface area contributed by atoms with Gasteiger partial charge in [-0.1, -0.05) is 63.6 Å². The standard InChI is InChI=1S/C20H35BN3OS.C9H11Cl.C2H6/c1-9-17(21-25-19(5,6)20(7,8)26)18(15(3)23-10-2)16(4)24-13-11-22-12-14-24;1-2-4-8-5-3-6-9(10)7-8;1-2/h9-10,22,26H,2,11-14H2,1,3-8H3;3,5-7H,2,4H2,1H3;1-2H3/b17-9+,18-16-,23-15?;;. The molecule has 38 heavy (non-hydrogen) atoms. The molecule has 4 nitrogen and oxygen atoms in total. The molecule has 0 aromatic heterocycles. The minimum absolute atomic E-state index is 0.274. The van der Waals surface area contributed by atoms with Crippen molar-refractivity contribution in [3.63, 3.8) is 0 Å². The van der Waals surface area contributed by atoms with Crippen molar-refractivity contribution in [3.05, 3.63) is 70.4 Å². The van der Waals surface area contributed by atoms with Crippen LogP contribution in [0, 0.1) is 0 Å². The van der Waals surface area contributed by atoms with E-state index in [0.717, 1.165) is 54.4 Å².